The van der Waals surface area contributed by atoms with Crippen LogP contribution in [0, 0.1) is 0 Å². The molecule has 1 rings (SSSR count). The highest BCUT2D eigenvalue weighted by Gasteiger charge is 2.23. The summed E-state index contributed by atoms with van der Waals surface area (Å²) in [6.07, 6.45) is 0. The first-order chi connectivity index (χ1) is 9.42. The number of carbonyl (C=O) groups is 1. The molecule has 7 heteroatoms. The molecule has 0 saturated carbocycles. The molecule has 0 aliphatic carbocycles. The quantitative estimate of drug-likeness (QED) is 0.778. The van der Waals surface area contributed by atoms with Crippen LogP contribution >= 0.6 is 11.8 Å². The molecule has 0 saturated heterocycles. The predicted molar refractivity (Wildman–Crippen MR) is 80.6 cm³/mol. The molecule has 1 aromatic carbocycles. The Morgan fingerprint density at radius 3 is 2.65 bits per heavy atom. The Morgan fingerprint density at radius 2 is 2.05 bits per heavy atom. The number of rotatable bonds is 7. The fourth-order valence-corrected chi connectivity index (χ4v) is 3.85. The molecule has 0 aliphatic rings. The van der Waals surface area contributed by atoms with Crippen LogP contribution in [0.5, 0.6) is 0 Å². The van der Waals surface area contributed by atoms with Crippen molar-refractivity contribution in [3.05, 3.63) is 29.8 Å². The SMILES string of the molecule is CCSCC(C)NS(=O)(=O)c1ccccc1C(=O)OC. The third-order valence-electron chi connectivity index (χ3n) is 2.51. The molecule has 5 nitrogen and oxygen atoms in total. The van der Waals surface area contributed by atoms with Gasteiger partial charge >= 0.3 is 5.97 Å². The fourth-order valence-electron chi connectivity index (χ4n) is 1.64. The van der Waals surface area contributed by atoms with Crippen molar-refractivity contribution in [3.63, 3.8) is 0 Å². The maximum atomic E-state index is 12.3. The maximum absolute atomic E-state index is 12.3. The van der Waals surface area contributed by atoms with E-state index in [1.165, 1.54) is 19.2 Å². The number of benzene rings is 1. The Balaban J connectivity index is 3.01. The fraction of sp³-hybridized carbons (Fsp3) is 0.462. The average molecular weight is 317 g/mol. The number of methoxy groups -OCH3 is 1. The van der Waals surface area contributed by atoms with Crippen molar-refractivity contribution in [2.45, 2.75) is 24.8 Å². The summed E-state index contributed by atoms with van der Waals surface area (Å²) in [7, 11) is -2.52. The summed E-state index contributed by atoms with van der Waals surface area (Å²) in [4.78, 5) is 11.6. The normalized spacial score (nSPS) is 12.9. The molecule has 20 heavy (non-hydrogen) atoms. The van der Waals surface area contributed by atoms with Gasteiger partial charge in [0.1, 0.15) is 0 Å². The largest absolute Gasteiger partial charge is 0.465 e. The van der Waals surface area contributed by atoms with E-state index in [9.17, 15) is 13.2 Å². The second-order valence-corrected chi connectivity index (χ2v) is 7.17. The van der Waals surface area contributed by atoms with Crippen LogP contribution in [-0.4, -0.2) is 39.0 Å². The Morgan fingerprint density at radius 1 is 1.40 bits per heavy atom. The topological polar surface area (TPSA) is 72.5 Å². The van der Waals surface area contributed by atoms with Gasteiger partial charge in [-0.05, 0) is 24.8 Å². The first kappa shape index (κ1) is 17.0. The van der Waals surface area contributed by atoms with Crippen molar-refractivity contribution < 1.29 is 17.9 Å². The van der Waals surface area contributed by atoms with Gasteiger partial charge in [-0.2, -0.15) is 11.8 Å². The lowest BCUT2D eigenvalue weighted by molar-refractivity contribution is 0.0596. The Kier molecular flexibility index (Phi) is 6.51. The Hall–Kier alpha value is -1.05. The summed E-state index contributed by atoms with van der Waals surface area (Å²) in [5.41, 5.74) is 0.0397. The van der Waals surface area contributed by atoms with E-state index in [1.807, 2.05) is 6.92 Å². The molecule has 112 valence electrons. The Bertz CT molecular complexity index is 557. The molecule has 0 aliphatic heterocycles. The summed E-state index contributed by atoms with van der Waals surface area (Å²) >= 11 is 1.65. The molecule has 1 unspecified atom stereocenters. The minimum Gasteiger partial charge on any atom is -0.465 e. The molecule has 0 heterocycles. The van der Waals surface area contributed by atoms with Crippen LogP contribution < -0.4 is 4.72 Å². The lowest BCUT2D eigenvalue weighted by Crippen LogP contribution is -2.35. The van der Waals surface area contributed by atoms with Crippen LogP contribution in [0.15, 0.2) is 29.2 Å². The van der Waals surface area contributed by atoms with E-state index in [4.69, 9.17) is 0 Å². The van der Waals surface area contributed by atoms with Crippen LogP contribution in [-0.2, 0) is 14.8 Å². The van der Waals surface area contributed by atoms with Crippen LogP contribution in [0.1, 0.15) is 24.2 Å². The maximum Gasteiger partial charge on any atom is 0.339 e. The third-order valence-corrected chi connectivity index (χ3v) is 5.30. The third kappa shape index (κ3) is 4.50. The number of esters is 1. The van der Waals surface area contributed by atoms with E-state index in [1.54, 1.807) is 30.8 Å². The van der Waals surface area contributed by atoms with Crippen molar-refractivity contribution in [1.29, 1.82) is 0 Å². The van der Waals surface area contributed by atoms with Crippen LogP contribution in [0.25, 0.3) is 0 Å². The van der Waals surface area contributed by atoms with E-state index in [-0.39, 0.29) is 16.5 Å². The van der Waals surface area contributed by atoms with Crippen molar-refractivity contribution in [2.75, 3.05) is 18.6 Å². The molecule has 0 amide bonds. The molecule has 0 bridgehead atoms. The van der Waals surface area contributed by atoms with Gasteiger partial charge in [0.15, 0.2) is 0 Å². The lowest BCUT2D eigenvalue weighted by Gasteiger charge is -2.15. The number of hydrogen-bond donors (Lipinski definition) is 1. The van der Waals surface area contributed by atoms with E-state index in [2.05, 4.69) is 9.46 Å². The molecular formula is C13H19NO4S2. The smallest absolute Gasteiger partial charge is 0.339 e. The highest BCUT2D eigenvalue weighted by atomic mass is 32.2. The molecule has 1 N–H and O–H groups in total. The van der Waals surface area contributed by atoms with Crippen molar-refractivity contribution in [1.82, 2.24) is 4.72 Å². The monoisotopic (exact) mass is 317 g/mol. The van der Waals surface area contributed by atoms with Crippen molar-refractivity contribution in [2.24, 2.45) is 0 Å². The van der Waals surface area contributed by atoms with Crippen LogP contribution in [0.4, 0.5) is 0 Å². The van der Waals surface area contributed by atoms with Gasteiger partial charge in [-0.3, -0.25) is 0 Å². The summed E-state index contributed by atoms with van der Waals surface area (Å²) in [5, 5.41) is 0. The zero-order valence-corrected chi connectivity index (χ0v) is 13.4. The number of hydrogen-bond acceptors (Lipinski definition) is 5. The second-order valence-electron chi connectivity index (χ2n) is 4.17. The summed E-state index contributed by atoms with van der Waals surface area (Å²) in [5.74, 6) is 0.933. The van der Waals surface area contributed by atoms with Gasteiger partial charge in [-0.15, -0.1) is 0 Å². The van der Waals surface area contributed by atoms with Gasteiger partial charge in [0, 0.05) is 11.8 Å². The standard InChI is InChI=1S/C13H19NO4S2/c1-4-19-9-10(2)14-20(16,17)12-8-6-5-7-11(12)13(15)18-3/h5-8,10,14H,4,9H2,1-3H3. The molecule has 0 fully saturated rings. The van der Waals surface area contributed by atoms with Crippen LogP contribution in [0.3, 0.4) is 0 Å². The number of sulfonamides is 1. The summed E-state index contributed by atoms with van der Waals surface area (Å²) in [6, 6.07) is 5.80. The van der Waals surface area contributed by atoms with Gasteiger partial charge in [0.25, 0.3) is 0 Å². The lowest BCUT2D eigenvalue weighted by atomic mass is 10.2. The first-order valence-electron chi connectivity index (χ1n) is 6.19. The van der Waals surface area contributed by atoms with Crippen LogP contribution in [0.2, 0.25) is 0 Å². The second kappa shape index (κ2) is 7.66. The van der Waals surface area contributed by atoms with E-state index < -0.39 is 16.0 Å². The number of carbonyl (C=O) groups excluding carboxylic acids is 1. The number of nitrogens with one attached hydrogen (secondary N) is 1. The first-order valence-corrected chi connectivity index (χ1v) is 8.83. The molecule has 1 atom stereocenters. The van der Waals surface area contributed by atoms with Gasteiger partial charge in [0.05, 0.1) is 17.6 Å². The summed E-state index contributed by atoms with van der Waals surface area (Å²) in [6.45, 7) is 3.80. The van der Waals surface area contributed by atoms with Gasteiger partial charge in [0.2, 0.25) is 10.0 Å². The zero-order valence-electron chi connectivity index (χ0n) is 11.8. The average Bonchev–Trinajstić information content (AvgIpc) is 2.43. The highest BCUT2D eigenvalue weighted by molar-refractivity contribution is 7.99. The molecular weight excluding hydrogens is 298 g/mol. The number of ether oxygens (including phenoxy) is 1. The zero-order chi connectivity index (χ0) is 15.2. The minimum absolute atomic E-state index is 0.0397. The van der Waals surface area contributed by atoms with Gasteiger partial charge < -0.3 is 4.74 Å². The van der Waals surface area contributed by atoms with E-state index >= 15 is 0 Å². The predicted octanol–water partition coefficient (Wildman–Crippen LogP) is 1.89. The van der Waals surface area contributed by atoms with Gasteiger partial charge in [-0.25, -0.2) is 17.9 Å². The molecule has 0 radical (unpaired) electrons. The molecule has 0 spiro atoms. The van der Waals surface area contributed by atoms with Crippen molar-refractivity contribution >= 4 is 27.8 Å². The van der Waals surface area contributed by atoms with E-state index in [0.29, 0.717) is 5.75 Å². The van der Waals surface area contributed by atoms with Gasteiger partial charge in [-0.1, -0.05) is 19.1 Å². The molecule has 1 aromatic rings. The minimum atomic E-state index is -3.74. The molecule has 0 aromatic heterocycles. The highest BCUT2D eigenvalue weighted by Crippen LogP contribution is 2.17. The van der Waals surface area contributed by atoms with E-state index in [0.717, 1.165) is 5.75 Å². The summed E-state index contributed by atoms with van der Waals surface area (Å²) < 4.78 is 31.8. The Labute approximate surface area is 124 Å². The van der Waals surface area contributed by atoms with Crippen molar-refractivity contribution in [3.8, 4) is 0 Å². The number of thioether (sulfide) groups is 1.